The van der Waals surface area contributed by atoms with Crippen molar-refractivity contribution in [3.8, 4) is 0 Å². The van der Waals surface area contributed by atoms with Crippen molar-refractivity contribution < 1.29 is 37.8 Å². The molecule has 5 nitrogen and oxygen atoms in total. The van der Waals surface area contributed by atoms with E-state index in [0.29, 0.717) is 6.61 Å². The summed E-state index contributed by atoms with van der Waals surface area (Å²) in [6.07, 6.45) is 5.80. The molecule has 1 aliphatic rings. The SMILES string of the molecule is CC1C=CC(C)C[Si](C)(CCCO)C1.O=[N+]([O-])O.[Ag+].[CH3-]. The largest absolute Gasteiger partial charge is 1.00 e. The summed E-state index contributed by atoms with van der Waals surface area (Å²) in [7, 11) is -1.06. The van der Waals surface area contributed by atoms with Gasteiger partial charge in [-0.1, -0.05) is 50.7 Å². The van der Waals surface area contributed by atoms with Crippen LogP contribution in [-0.2, 0) is 22.4 Å². The Morgan fingerprint density at radius 2 is 1.65 bits per heavy atom. The van der Waals surface area contributed by atoms with Crippen molar-refractivity contribution in [3.05, 3.63) is 29.7 Å². The Morgan fingerprint density at radius 1 is 1.30 bits per heavy atom. The van der Waals surface area contributed by atoms with Crippen molar-refractivity contribution in [3.63, 3.8) is 0 Å². The predicted octanol–water partition coefficient (Wildman–Crippen LogP) is 3.39. The minimum Gasteiger partial charge on any atom is -0.396 e. The molecule has 20 heavy (non-hydrogen) atoms. The molecule has 1 rings (SSSR count). The Bertz CT molecular complexity index is 272. The van der Waals surface area contributed by atoms with E-state index in [1.165, 1.54) is 18.1 Å². The Morgan fingerprint density at radius 3 is 1.95 bits per heavy atom. The van der Waals surface area contributed by atoms with Crippen molar-refractivity contribution in [1.82, 2.24) is 0 Å². The second-order valence-electron chi connectivity index (χ2n) is 5.62. The average Bonchev–Trinajstić information content (AvgIpc) is 2.34. The fraction of sp³-hybridized carbons (Fsp3) is 0.769. The van der Waals surface area contributed by atoms with Gasteiger partial charge in [0, 0.05) is 6.61 Å². The van der Waals surface area contributed by atoms with Gasteiger partial charge in [0.05, 0.1) is 8.07 Å². The fourth-order valence-electron chi connectivity index (χ4n) is 2.86. The normalized spacial score (nSPS) is 28.0. The molecule has 0 amide bonds. The maximum atomic E-state index is 8.92. The Kier molecular flexibility index (Phi) is 15.6. The van der Waals surface area contributed by atoms with E-state index >= 15 is 0 Å². The van der Waals surface area contributed by atoms with Gasteiger partial charge in [-0.05, 0) is 18.3 Å². The summed E-state index contributed by atoms with van der Waals surface area (Å²) in [6, 6.07) is 4.13. The first-order valence-corrected chi connectivity index (χ1v) is 9.53. The van der Waals surface area contributed by atoms with Gasteiger partial charge in [-0.15, -0.1) is 10.1 Å². The minimum absolute atomic E-state index is 0. The molecule has 124 valence electrons. The minimum atomic E-state index is -1.50. The van der Waals surface area contributed by atoms with Crippen molar-refractivity contribution in [1.29, 1.82) is 0 Å². The Labute approximate surface area is 139 Å². The molecule has 0 aromatic carbocycles. The van der Waals surface area contributed by atoms with Crippen LogP contribution in [0.2, 0.25) is 24.7 Å². The van der Waals surface area contributed by atoms with Crippen LogP contribution in [0.4, 0.5) is 0 Å². The monoisotopic (exact) mass is 397 g/mol. The molecule has 0 fully saturated rings. The molecule has 0 aromatic heterocycles. The second-order valence-corrected chi connectivity index (χ2v) is 10.6. The van der Waals surface area contributed by atoms with E-state index in [1.807, 2.05) is 0 Å². The van der Waals surface area contributed by atoms with Gasteiger partial charge in [0.2, 0.25) is 0 Å². The standard InChI is InChI=1S/C12H24OSi.CH3.Ag.HNO3/c1-11-5-6-12(2)10-14(3,9-11)8-4-7-13;;;2-1(3)4/h5-6,11-13H,4,7-10H2,1-3H3;1H3;;(H,2,3,4)/q;-1;+1;. The van der Waals surface area contributed by atoms with Gasteiger partial charge >= 0.3 is 22.4 Å². The molecule has 0 radical (unpaired) electrons. The zero-order valence-electron chi connectivity index (χ0n) is 12.8. The van der Waals surface area contributed by atoms with Crippen molar-refractivity contribution in [2.24, 2.45) is 11.8 Å². The van der Waals surface area contributed by atoms with Gasteiger partial charge in [-0.2, -0.15) is 0 Å². The van der Waals surface area contributed by atoms with E-state index in [-0.39, 0.29) is 29.8 Å². The van der Waals surface area contributed by atoms with Crippen LogP contribution in [0.1, 0.15) is 20.3 Å². The van der Waals surface area contributed by atoms with Crippen LogP contribution in [0.3, 0.4) is 0 Å². The van der Waals surface area contributed by atoms with E-state index in [1.54, 1.807) is 0 Å². The summed E-state index contributed by atoms with van der Waals surface area (Å²) >= 11 is 0. The van der Waals surface area contributed by atoms with Gasteiger partial charge in [0.15, 0.2) is 0 Å². The number of aliphatic hydroxyl groups is 1. The van der Waals surface area contributed by atoms with Crippen LogP contribution >= 0.6 is 0 Å². The zero-order valence-corrected chi connectivity index (χ0v) is 15.3. The average molecular weight is 398 g/mol. The number of aliphatic hydroxyl groups excluding tert-OH is 1. The first kappa shape index (κ1) is 24.8. The molecule has 0 saturated heterocycles. The quantitative estimate of drug-likeness (QED) is 0.251. The summed E-state index contributed by atoms with van der Waals surface area (Å²) in [4.78, 5) is 8.36. The number of rotatable bonds is 3. The van der Waals surface area contributed by atoms with Gasteiger partial charge in [0.25, 0.3) is 5.09 Å². The third kappa shape index (κ3) is 12.9. The summed E-state index contributed by atoms with van der Waals surface area (Å²) < 4.78 is 0. The van der Waals surface area contributed by atoms with Gasteiger partial charge in [0.1, 0.15) is 0 Å². The van der Waals surface area contributed by atoms with E-state index in [9.17, 15) is 0 Å². The molecule has 2 unspecified atom stereocenters. The molecule has 0 saturated carbocycles. The first-order valence-electron chi connectivity index (χ1n) is 6.41. The van der Waals surface area contributed by atoms with E-state index in [4.69, 9.17) is 20.4 Å². The topological polar surface area (TPSA) is 83.6 Å². The molecule has 2 atom stereocenters. The van der Waals surface area contributed by atoms with E-state index in [0.717, 1.165) is 18.3 Å². The van der Waals surface area contributed by atoms with Crippen LogP contribution in [0.5, 0.6) is 0 Å². The summed E-state index contributed by atoms with van der Waals surface area (Å²) in [6.45, 7) is 7.55. The third-order valence-electron chi connectivity index (χ3n) is 3.34. The first-order chi connectivity index (χ1) is 8.29. The van der Waals surface area contributed by atoms with E-state index in [2.05, 4.69) is 32.5 Å². The molecular formula is C13H28AgNO4Si. The molecule has 1 heterocycles. The zero-order chi connectivity index (χ0) is 14.2. The molecule has 0 aliphatic carbocycles. The third-order valence-corrected chi connectivity index (χ3v) is 8.16. The molecule has 0 aromatic rings. The summed E-state index contributed by atoms with van der Waals surface area (Å²) in [5.74, 6) is 1.52. The van der Waals surface area contributed by atoms with Crippen molar-refractivity contribution >= 4 is 8.07 Å². The predicted molar refractivity (Wildman–Crippen MR) is 80.4 cm³/mol. The summed E-state index contributed by atoms with van der Waals surface area (Å²) in [5, 5.41) is 22.6. The van der Waals surface area contributed by atoms with Crippen molar-refractivity contribution in [2.45, 2.75) is 44.9 Å². The van der Waals surface area contributed by atoms with Crippen LogP contribution in [0.25, 0.3) is 0 Å². The molecule has 0 spiro atoms. The number of hydrogen-bond donors (Lipinski definition) is 2. The van der Waals surface area contributed by atoms with E-state index < -0.39 is 13.2 Å². The molecule has 0 bridgehead atoms. The maximum Gasteiger partial charge on any atom is 1.00 e. The van der Waals surface area contributed by atoms with Crippen LogP contribution < -0.4 is 0 Å². The Balaban J connectivity index is -0.000000429. The van der Waals surface area contributed by atoms with Crippen LogP contribution in [-0.4, -0.2) is 30.1 Å². The van der Waals surface area contributed by atoms with Gasteiger partial charge in [-0.3, -0.25) is 0 Å². The molecular weight excluding hydrogens is 370 g/mol. The van der Waals surface area contributed by atoms with Gasteiger partial charge in [-0.25, -0.2) is 0 Å². The van der Waals surface area contributed by atoms with Gasteiger partial charge < -0.3 is 17.7 Å². The number of nitrogens with zero attached hydrogens (tertiary/aromatic N) is 1. The number of allylic oxidation sites excluding steroid dienone is 2. The molecule has 1 aliphatic heterocycles. The van der Waals surface area contributed by atoms with Crippen molar-refractivity contribution in [2.75, 3.05) is 6.61 Å². The molecule has 7 heteroatoms. The summed E-state index contributed by atoms with van der Waals surface area (Å²) in [5.41, 5.74) is 0. The fourth-order valence-corrected chi connectivity index (χ4v) is 7.83. The maximum absolute atomic E-state index is 8.92. The molecule has 2 N–H and O–H groups in total. The number of hydrogen-bond acceptors (Lipinski definition) is 3. The van der Waals surface area contributed by atoms with Crippen LogP contribution in [0.15, 0.2) is 12.2 Å². The smallest absolute Gasteiger partial charge is 0.396 e. The van der Waals surface area contributed by atoms with Crippen LogP contribution in [0, 0.1) is 29.4 Å². The second kappa shape index (κ2) is 12.6. The Hall–Kier alpha value is -0.143.